The minimum absolute atomic E-state index is 0.181. The van der Waals surface area contributed by atoms with E-state index in [1.807, 2.05) is 19.1 Å². The van der Waals surface area contributed by atoms with Crippen molar-refractivity contribution < 1.29 is 4.74 Å². The average molecular weight is 206 g/mol. The van der Waals surface area contributed by atoms with Gasteiger partial charge in [0.25, 0.3) is 0 Å². The summed E-state index contributed by atoms with van der Waals surface area (Å²) in [4.78, 5) is 4.14. The molecule has 0 aromatic carbocycles. The molecule has 1 saturated carbocycles. The molecule has 82 valence electrons. The Bertz CT molecular complexity index is 327. The van der Waals surface area contributed by atoms with Gasteiger partial charge >= 0.3 is 0 Å². The van der Waals surface area contributed by atoms with E-state index in [1.165, 1.54) is 12.8 Å². The average Bonchev–Trinajstić information content (AvgIpc) is 2.22. The third-order valence-corrected chi connectivity index (χ3v) is 2.91. The lowest BCUT2D eigenvalue weighted by atomic mass is 9.93. The lowest BCUT2D eigenvalue weighted by molar-refractivity contribution is 0.132. The van der Waals surface area contributed by atoms with E-state index in [0.717, 1.165) is 24.3 Å². The summed E-state index contributed by atoms with van der Waals surface area (Å²) >= 11 is 0. The van der Waals surface area contributed by atoms with Crippen molar-refractivity contribution in [2.75, 3.05) is 0 Å². The molecule has 0 radical (unpaired) electrons. The second-order valence-corrected chi connectivity index (χ2v) is 4.24. The Hall–Kier alpha value is -1.09. The number of aryl methyl sites for hydroxylation is 1. The molecule has 15 heavy (non-hydrogen) atoms. The topological polar surface area (TPSA) is 48.1 Å². The van der Waals surface area contributed by atoms with Gasteiger partial charge in [-0.25, -0.2) is 0 Å². The lowest BCUT2D eigenvalue weighted by Gasteiger charge is -2.29. The van der Waals surface area contributed by atoms with E-state index in [-0.39, 0.29) is 12.1 Å². The smallest absolute Gasteiger partial charge is 0.123 e. The van der Waals surface area contributed by atoms with Gasteiger partial charge in [0.15, 0.2) is 0 Å². The van der Waals surface area contributed by atoms with Crippen molar-refractivity contribution in [3.05, 3.63) is 24.0 Å². The molecule has 3 nitrogen and oxygen atoms in total. The van der Waals surface area contributed by atoms with E-state index in [2.05, 4.69) is 4.98 Å². The van der Waals surface area contributed by atoms with Crippen LogP contribution in [0.15, 0.2) is 18.3 Å². The number of nitrogens with two attached hydrogens (primary N) is 1. The Morgan fingerprint density at radius 1 is 1.40 bits per heavy atom. The molecule has 2 rings (SSSR count). The van der Waals surface area contributed by atoms with Crippen molar-refractivity contribution in [1.29, 1.82) is 0 Å². The molecule has 0 amide bonds. The molecular weight excluding hydrogens is 188 g/mol. The van der Waals surface area contributed by atoms with Crippen LogP contribution < -0.4 is 10.5 Å². The van der Waals surface area contributed by atoms with E-state index in [1.54, 1.807) is 6.20 Å². The van der Waals surface area contributed by atoms with Crippen LogP contribution in [0.2, 0.25) is 0 Å². The monoisotopic (exact) mass is 206 g/mol. The molecule has 1 aromatic heterocycles. The predicted octanol–water partition coefficient (Wildman–Crippen LogP) is 2.04. The third-order valence-electron chi connectivity index (χ3n) is 2.91. The Labute approximate surface area is 90.7 Å². The van der Waals surface area contributed by atoms with Crippen LogP contribution in [0.3, 0.4) is 0 Å². The molecule has 1 aliphatic carbocycles. The van der Waals surface area contributed by atoms with Gasteiger partial charge in [-0.2, -0.15) is 0 Å². The highest BCUT2D eigenvalue weighted by atomic mass is 16.5. The molecule has 1 aliphatic rings. The minimum Gasteiger partial charge on any atom is -0.489 e. The van der Waals surface area contributed by atoms with E-state index >= 15 is 0 Å². The van der Waals surface area contributed by atoms with Crippen LogP contribution in [0.5, 0.6) is 5.75 Å². The Kier molecular flexibility index (Phi) is 3.21. The second-order valence-electron chi connectivity index (χ2n) is 4.24. The first-order valence-electron chi connectivity index (χ1n) is 5.60. The fraction of sp³-hybridized carbons (Fsp3) is 0.583. The Balaban J connectivity index is 2.01. The molecule has 2 atom stereocenters. The highest BCUT2D eigenvalue weighted by Crippen LogP contribution is 2.22. The number of rotatable bonds is 2. The van der Waals surface area contributed by atoms with Crippen molar-refractivity contribution in [2.24, 2.45) is 5.73 Å². The lowest BCUT2D eigenvalue weighted by Crippen LogP contribution is -2.41. The van der Waals surface area contributed by atoms with E-state index in [9.17, 15) is 0 Å². The Morgan fingerprint density at radius 3 is 2.93 bits per heavy atom. The highest BCUT2D eigenvalue weighted by molar-refractivity contribution is 5.22. The number of pyridine rings is 1. The van der Waals surface area contributed by atoms with Gasteiger partial charge in [0.1, 0.15) is 11.9 Å². The molecule has 0 bridgehead atoms. The zero-order chi connectivity index (χ0) is 10.7. The number of aromatic nitrogens is 1. The molecule has 0 aliphatic heterocycles. The van der Waals surface area contributed by atoms with Crippen LogP contribution in [0.4, 0.5) is 0 Å². The zero-order valence-corrected chi connectivity index (χ0v) is 9.15. The van der Waals surface area contributed by atoms with E-state index in [0.29, 0.717) is 0 Å². The first-order chi connectivity index (χ1) is 7.25. The number of nitrogens with zero attached hydrogens (tertiary/aromatic N) is 1. The fourth-order valence-corrected chi connectivity index (χ4v) is 2.04. The zero-order valence-electron chi connectivity index (χ0n) is 9.15. The Morgan fingerprint density at radius 2 is 2.20 bits per heavy atom. The van der Waals surface area contributed by atoms with Crippen molar-refractivity contribution in [3.63, 3.8) is 0 Å². The maximum Gasteiger partial charge on any atom is 0.123 e. The SMILES string of the molecule is Cc1cc(OC2CCCCC2N)ccn1. The van der Waals surface area contributed by atoms with E-state index < -0.39 is 0 Å². The van der Waals surface area contributed by atoms with Gasteiger partial charge in [0.2, 0.25) is 0 Å². The molecule has 2 N–H and O–H groups in total. The maximum atomic E-state index is 6.02. The first-order valence-corrected chi connectivity index (χ1v) is 5.60. The van der Waals surface area contributed by atoms with Gasteiger partial charge in [0, 0.05) is 24.0 Å². The van der Waals surface area contributed by atoms with Crippen LogP contribution >= 0.6 is 0 Å². The second kappa shape index (κ2) is 4.62. The van der Waals surface area contributed by atoms with Crippen LogP contribution in [-0.4, -0.2) is 17.1 Å². The quantitative estimate of drug-likeness (QED) is 0.805. The van der Waals surface area contributed by atoms with Crippen molar-refractivity contribution in [3.8, 4) is 5.75 Å². The summed E-state index contributed by atoms with van der Waals surface area (Å²) in [5.41, 5.74) is 7.01. The van der Waals surface area contributed by atoms with Gasteiger partial charge < -0.3 is 10.5 Å². The molecule has 2 unspecified atom stereocenters. The van der Waals surface area contributed by atoms with Crippen LogP contribution in [-0.2, 0) is 0 Å². The number of hydrogen-bond acceptors (Lipinski definition) is 3. The molecule has 1 aromatic rings. The number of ether oxygens (including phenoxy) is 1. The van der Waals surface area contributed by atoms with Crippen LogP contribution in [0, 0.1) is 6.92 Å². The standard InChI is InChI=1S/C12H18N2O/c1-9-8-10(6-7-14-9)15-12-5-3-2-4-11(12)13/h6-8,11-12H,2-5,13H2,1H3. The molecule has 1 heterocycles. The van der Waals surface area contributed by atoms with Gasteiger partial charge in [-0.15, -0.1) is 0 Å². The fourth-order valence-electron chi connectivity index (χ4n) is 2.04. The summed E-state index contributed by atoms with van der Waals surface area (Å²) in [5.74, 6) is 0.893. The summed E-state index contributed by atoms with van der Waals surface area (Å²) in [7, 11) is 0. The highest BCUT2D eigenvalue weighted by Gasteiger charge is 2.23. The van der Waals surface area contributed by atoms with Gasteiger partial charge in [-0.3, -0.25) is 4.98 Å². The minimum atomic E-state index is 0.181. The molecule has 3 heteroatoms. The van der Waals surface area contributed by atoms with E-state index in [4.69, 9.17) is 10.5 Å². The van der Waals surface area contributed by atoms with Gasteiger partial charge in [-0.1, -0.05) is 6.42 Å². The van der Waals surface area contributed by atoms with Gasteiger partial charge in [-0.05, 0) is 32.3 Å². The third kappa shape index (κ3) is 2.69. The van der Waals surface area contributed by atoms with Crippen molar-refractivity contribution in [1.82, 2.24) is 4.98 Å². The largest absolute Gasteiger partial charge is 0.489 e. The molecule has 1 fully saturated rings. The van der Waals surface area contributed by atoms with Crippen LogP contribution in [0.25, 0.3) is 0 Å². The summed E-state index contributed by atoms with van der Waals surface area (Å²) in [6.07, 6.45) is 6.57. The summed E-state index contributed by atoms with van der Waals surface area (Å²) in [6, 6.07) is 4.04. The van der Waals surface area contributed by atoms with Crippen LogP contribution in [0.1, 0.15) is 31.4 Å². The summed E-state index contributed by atoms with van der Waals surface area (Å²) < 4.78 is 5.88. The molecule has 0 saturated heterocycles. The predicted molar refractivity (Wildman–Crippen MR) is 59.8 cm³/mol. The normalized spacial score (nSPS) is 26.3. The number of hydrogen-bond donors (Lipinski definition) is 1. The summed E-state index contributed by atoms with van der Waals surface area (Å²) in [6.45, 7) is 1.97. The summed E-state index contributed by atoms with van der Waals surface area (Å²) in [5, 5.41) is 0. The first kappa shape index (κ1) is 10.4. The maximum absolute atomic E-state index is 6.02. The van der Waals surface area contributed by atoms with Crippen molar-refractivity contribution >= 4 is 0 Å². The molecule has 0 spiro atoms. The molecular formula is C12H18N2O. The van der Waals surface area contributed by atoms with Gasteiger partial charge in [0.05, 0.1) is 0 Å². The van der Waals surface area contributed by atoms with Crippen molar-refractivity contribution in [2.45, 2.75) is 44.8 Å².